The average Bonchev–Trinajstić information content (AvgIpc) is 3.39. The number of carboxylic acid groups (broad SMARTS) is 1. The summed E-state index contributed by atoms with van der Waals surface area (Å²) in [6.45, 7) is 1.81. The van der Waals surface area contributed by atoms with E-state index in [1.54, 1.807) is 24.3 Å². The number of hydrogen-bond acceptors (Lipinski definition) is 12. The zero-order valence-corrected chi connectivity index (χ0v) is 25.5. The van der Waals surface area contributed by atoms with Crippen molar-refractivity contribution in [1.29, 1.82) is 0 Å². The van der Waals surface area contributed by atoms with Crippen molar-refractivity contribution in [3.63, 3.8) is 0 Å². The second-order valence-electron chi connectivity index (χ2n) is 12.1. The number of benzene rings is 2. The molecule has 13 nitrogen and oxygen atoms in total. The maximum absolute atomic E-state index is 13.2. The summed E-state index contributed by atoms with van der Waals surface area (Å²) in [5.74, 6) is -3.75. The molecule has 0 amide bonds. The van der Waals surface area contributed by atoms with Crippen LogP contribution < -0.4 is 9.47 Å². The number of aliphatic hydroxyl groups is 2. The fourth-order valence-corrected chi connectivity index (χ4v) is 7.36. The van der Waals surface area contributed by atoms with E-state index in [0.29, 0.717) is 30.9 Å². The van der Waals surface area contributed by atoms with Gasteiger partial charge in [0.15, 0.2) is 29.8 Å². The molecule has 0 saturated carbocycles. The van der Waals surface area contributed by atoms with Gasteiger partial charge in [0.2, 0.25) is 6.10 Å². The zero-order valence-electron chi connectivity index (χ0n) is 25.5. The molecule has 0 radical (unpaired) electrons. The molecule has 2 bridgehead atoms. The summed E-state index contributed by atoms with van der Waals surface area (Å²) >= 11 is 0. The van der Waals surface area contributed by atoms with Gasteiger partial charge < -0.3 is 43.9 Å². The van der Waals surface area contributed by atoms with Crippen LogP contribution in [-0.4, -0.2) is 94.8 Å². The molecule has 3 N–H and O–H groups in total. The molecule has 2 aliphatic heterocycles. The van der Waals surface area contributed by atoms with Crippen LogP contribution in [0.2, 0.25) is 0 Å². The van der Waals surface area contributed by atoms with Crippen molar-refractivity contribution < 1.29 is 58.2 Å². The third-order valence-electron chi connectivity index (χ3n) is 9.61. The van der Waals surface area contributed by atoms with Gasteiger partial charge in [-0.05, 0) is 51.1 Å². The van der Waals surface area contributed by atoms with E-state index < -0.39 is 65.7 Å². The fourth-order valence-electron chi connectivity index (χ4n) is 7.36. The summed E-state index contributed by atoms with van der Waals surface area (Å²) in [5.41, 5.74) is -0.116. The molecule has 2 aromatic rings. The largest absolute Gasteiger partial charge is 0.493 e. The van der Waals surface area contributed by atoms with E-state index in [2.05, 4.69) is 4.90 Å². The summed E-state index contributed by atoms with van der Waals surface area (Å²) in [7, 11) is 3.49. The monoisotopic (exact) mass is 637 g/mol. The number of carbonyl (C=O) groups is 4. The average molecular weight is 638 g/mol. The molecular weight excluding hydrogens is 602 g/mol. The van der Waals surface area contributed by atoms with Crippen LogP contribution in [0.1, 0.15) is 49.0 Å². The van der Waals surface area contributed by atoms with E-state index in [-0.39, 0.29) is 23.8 Å². The Morgan fingerprint density at radius 3 is 2.52 bits per heavy atom. The van der Waals surface area contributed by atoms with Crippen molar-refractivity contribution in [2.75, 3.05) is 20.7 Å². The molecule has 46 heavy (non-hydrogen) atoms. The third kappa shape index (κ3) is 4.89. The smallest absolute Gasteiger partial charge is 0.353 e. The number of carboxylic acids is 1. The highest BCUT2D eigenvalue weighted by molar-refractivity contribution is 5.86. The summed E-state index contributed by atoms with van der Waals surface area (Å²) in [6.07, 6.45) is -4.04. The van der Waals surface area contributed by atoms with Gasteiger partial charge in [-0.1, -0.05) is 36.4 Å². The minimum absolute atomic E-state index is 0.102. The van der Waals surface area contributed by atoms with Crippen molar-refractivity contribution in [2.45, 2.75) is 74.1 Å². The van der Waals surface area contributed by atoms with Crippen LogP contribution in [0, 0.1) is 0 Å². The van der Waals surface area contributed by atoms with Crippen LogP contribution in [0.5, 0.6) is 11.5 Å². The number of nitrogens with zero attached hydrogens (tertiary/aromatic N) is 1. The Bertz CT molecular complexity index is 1610. The SMILES string of the molecule is COc1ccc2c3c1O[C@H]1C(OC(=O)[C@@H](O)CC(=O)O[C@H](C(=O)O[C@@H](C)C(=O)O)c4ccccc4)=CC[C@@]4(O)[C@@H](C2)N(C)CC[C@]314. The third-order valence-corrected chi connectivity index (χ3v) is 9.61. The normalized spacial score (nSPS) is 27.5. The standard InChI is InChI=1S/C33H35NO12/c1-17(29(37)38)43-31(40)26(18-7-5-4-6-8-18)45-24(36)16-20(35)30(39)44-22-11-12-33(41)23-15-19-9-10-21(42-3)27-25(19)32(33,28(22)46-27)13-14-34(23)2/h4-11,17,20,23,26,28,35,41H,12-16H2,1-3H3,(H,37,38)/t17-,20-,23+,26-,28-,32-,33+/m0/s1. The topological polar surface area (TPSA) is 178 Å². The predicted molar refractivity (Wildman–Crippen MR) is 157 cm³/mol. The summed E-state index contributed by atoms with van der Waals surface area (Å²) < 4.78 is 27.9. The van der Waals surface area contributed by atoms with Gasteiger partial charge in [0.1, 0.15) is 5.76 Å². The van der Waals surface area contributed by atoms with Crippen LogP contribution >= 0.6 is 0 Å². The number of aliphatic hydroxyl groups excluding tert-OH is 1. The van der Waals surface area contributed by atoms with E-state index in [1.807, 2.05) is 19.2 Å². The Kier molecular flexibility index (Phi) is 8.03. The molecular formula is C33H35NO12. The van der Waals surface area contributed by atoms with Crippen molar-refractivity contribution in [3.05, 3.63) is 71.0 Å². The number of likely N-dealkylation sites (N-methyl/N-ethyl adjacent to an activating group) is 1. The molecule has 4 aliphatic rings. The first-order chi connectivity index (χ1) is 21.9. The van der Waals surface area contributed by atoms with Gasteiger partial charge in [-0.2, -0.15) is 0 Å². The first-order valence-electron chi connectivity index (χ1n) is 15.0. The van der Waals surface area contributed by atoms with Crippen LogP contribution in [0.4, 0.5) is 0 Å². The zero-order chi connectivity index (χ0) is 33.0. The molecule has 13 heteroatoms. The molecule has 2 heterocycles. The van der Waals surface area contributed by atoms with E-state index in [1.165, 1.54) is 19.2 Å². The van der Waals surface area contributed by atoms with Gasteiger partial charge in [-0.3, -0.25) is 4.79 Å². The minimum atomic E-state index is -1.98. The maximum Gasteiger partial charge on any atom is 0.353 e. The lowest BCUT2D eigenvalue weighted by Gasteiger charge is -2.61. The number of hydrogen-bond donors (Lipinski definition) is 3. The number of piperidine rings is 1. The van der Waals surface area contributed by atoms with Gasteiger partial charge in [0.25, 0.3) is 0 Å². The lowest BCUT2D eigenvalue weighted by atomic mass is 9.50. The minimum Gasteiger partial charge on any atom is -0.493 e. The van der Waals surface area contributed by atoms with Crippen LogP contribution in [-0.2, 0) is 45.2 Å². The molecule has 1 saturated heterocycles. The number of esters is 3. The van der Waals surface area contributed by atoms with Crippen molar-refractivity contribution in [1.82, 2.24) is 4.90 Å². The second kappa shape index (κ2) is 11.7. The highest BCUT2D eigenvalue weighted by Crippen LogP contribution is 2.65. The Balaban J connectivity index is 1.20. The number of ether oxygens (including phenoxy) is 5. The van der Waals surface area contributed by atoms with E-state index in [9.17, 15) is 29.4 Å². The number of methoxy groups -OCH3 is 1. The molecule has 2 aromatic carbocycles. The van der Waals surface area contributed by atoms with Gasteiger partial charge in [0, 0.05) is 23.6 Å². The summed E-state index contributed by atoms with van der Waals surface area (Å²) in [6, 6.07) is 11.3. The predicted octanol–water partition coefficient (Wildman–Crippen LogP) is 1.57. The van der Waals surface area contributed by atoms with Crippen LogP contribution in [0.3, 0.4) is 0 Å². The first kappa shape index (κ1) is 31.5. The van der Waals surface area contributed by atoms with E-state index >= 15 is 0 Å². The number of rotatable bonds is 10. The molecule has 1 fully saturated rings. The second-order valence-corrected chi connectivity index (χ2v) is 12.1. The first-order valence-corrected chi connectivity index (χ1v) is 15.0. The van der Waals surface area contributed by atoms with Gasteiger partial charge in [0.05, 0.1) is 24.5 Å². The molecule has 2 aliphatic carbocycles. The van der Waals surface area contributed by atoms with E-state index in [0.717, 1.165) is 18.1 Å². The van der Waals surface area contributed by atoms with Crippen LogP contribution in [0.25, 0.3) is 0 Å². The van der Waals surface area contributed by atoms with Gasteiger partial charge in [-0.25, -0.2) is 14.4 Å². The number of likely N-dealkylation sites (tertiary alicyclic amines) is 1. The Morgan fingerprint density at radius 1 is 1.09 bits per heavy atom. The van der Waals surface area contributed by atoms with Crippen molar-refractivity contribution in [2.24, 2.45) is 0 Å². The number of aliphatic carboxylic acids is 1. The lowest BCUT2D eigenvalue weighted by molar-refractivity contribution is -0.179. The molecule has 244 valence electrons. The van der Waals surface area contributed by atoms with Crippen LogP contribution in [0.15, 0.2) is 54.3 Å². The fraction of sp³-hybridized carbons (Fsp3) is 0.455. The molecule has 0 aromatic heterocycles. The van der Waals surface area contributed by atoms with Gasteiger partial charge >= 0.3 is 23.9 Å². The highest BCUT2D eigenvalue weighted by atomic mass is 16.6. The lowest BCUT2D eigenvalue weighted by Crippen LogP contribution is -2.74. The quantitative estimate of drug-likeness (QED) is 0.253. The molecule has 0 unspecified atom stereocenters. The van der Waals surface area contributed by atoms with Gasteiger partial charge in [-0.15, -0.1) is 0 Å². The molecule has 6 rings (SSSR count). The highest BCUT2D eigenvalue weighted by Gasteiger charge is 2.72. The van der Waals surface area contributed by atoms with Crippen molar-refractivity contribution >= 4 is 23.9 Å². The van der Waals surface area contributed by atoms with Crippen molar-refractivity contribution in [3.8, 4) is 11.5 Å². The summed E-state index contributed by atoms with van der Waals surface area (Å²) in [4.78, 5) is 52.1. The Labute approximate surface area is 264 Å². The number of carbonyl (C=O) groups excluding carboxylic acids is 3. The maximum atomic E-state index is 13.2. The summed E-state index contributed by atoms with van der Waals surface area (Å²) in [5, 5.41) is 32.1. The molecule has 1 spiro atoms. The Morgan fingerprint density at radius 2 is 1.83 bits per heavy atom. The van der Waals surface area contributed by atoms with E-state index in [4.69, 9.17) is 28.8 Å². The molecule has 7 atom stereocenters. The Hall–Kier alpha value is -4.46.